The zero-order valence-corrected chi connectivity index (χ0v) is 26.2. The molecule has 0 bridgehead atoms. The number of benzene rings is 3. The number of aryl methyl sites for hydroxylation is 3. The minimum absolute atomic E-state index is 0.0328. The number of nitrogens with one attached hydrogen (secondary N) is 2. The zero-order chi connectivity index (χ0) is 31.9. The Morgan fingerprint density at radius 2 is 1.65 bits per heavy atom. The van der Waals surface area contributed by atoms with Gasteiger partial charge in [-0.2, -0.15) is 0 Å². The molecular weight excluding hydrogens is 570 g/mol. The Bertz CT molecular complexity index is 1430. The number of carbonyl (C=O) groups is 3. The SMILES string of the molecule is Cc1ccc(C)c(C(C(=O)Nc2c(C)cccc2Cl)N(CCO)C(=O)C(Cc2ccc(O)cc2)NC(=O)OC(C)(C)C)c1. The number of phenolic OH excluding ortho intramolecular Hbond substituents is 1. The van der Waals surface area contributed by atoms with Crippen molar-refractivity contribution in [1.29, 1.82) is 0 Å². The number of aliphatic hydroxyl groups excluding tert-OH is 1. The molecule has 2 atom stereocenters. The van der Waals surface area contributed by atoms with E-state index < -0.39 is 42.2 Å². The summed E-state index contributed by atoms with van der Waals surface area (Å²) < 4.78 is 5.44. The fourth-order valence-corrected chi connectivity index (χ4v) is 4.95. The van der Waals surface area contributed by atoms with E-state index in [4.69, 9.17) is 16.3 Å². The van der Waals surface area contributed by atoms with Gasteiger partial charge in [0.15, 0.2) is 0 Å². The van der Waals surface area contributed by atoms with Crippen LogP contribution >= 0.6 is 11.6 Å². The maximum absolute atomic E-state index is 14.4. The lowest BCUT2D eigenvalue weighted by Gasteiger charge is -2.35. The number of nitrogens with zero attached hydrogens (tertiary/aromatic N) is 1. The highest BCUT2D eigenvalue weighted by molar-refractivity contribution is 6.34. The van der Waals surface area contributed by atoms with E-state index in [0.717, 1.165) is 16.7 Å². The second kappa shape index (κ2) is 14.4. The summed E-state index contributed by atoms with van der Waals surface area (Å²) >= 11 is 6.43. The Kier molecular flexibility index (Phi) is 11.2. The molecule has 0 aliphatic carbocycles. The lowest BCUT2D eigenvalue weighted by molar-refractivity contribution is -0.141. The van der Waals surface area contributed by atoms with Crippen LogP contribution in [0.25, 0.3) is 0 Å². The summed E-state index contributed by atoms with van der Waals surface area (Å²) in [5.74, 6) is -1.09. The van der Waals surface area contributed by atoms with Crippen molar-refractivity contribution in [1.82, 2.24) is 10.2 Å². The smallest absolute Gasteiger partial charge is 0.408 e. The van der Waals surface area contributed by atoms with Gasteiger partial charge in [-0.15, -0.1) is 0 Å². The van der Waals surface area contributed by atoms with Crippen molar-refractivity contribution in [2.75, 3.05) is 18.5 Å². The monoisotopic (exact) mass is 609 g/mol. The number of aliphatic hydroxyl groups is 1. The normalized spacial score (nSPS) is 12.7. The van der Waals surface area contributed by atoms with Gasteiger partial charge in [-0.25, -0.2) is 4.79 Å². The molecule has 0 aliphatic rings. The summed E-state index contributed by atoms with van der Waals surface area (Å²) in [6, 6.07) is 14.7. The van der Waals surface area contributed by atoms with Gasteiger partial charge < -0.3 is 30.5 Å². The van der Waals surface area contributed by atoms with Crippen LogP contribution in [0, 0.1) is 20.8 Å². The van der Waals surface area contributed by atoms with Crippen LogP contribution < -0.4 is 10.6 Å². The summed E-state index contributed by atoms with van der Waals surface area (Å²) in [4.78, 5) is 42.7. The Balaban J connectivity index is 2.11. The molecule has 0 saturated carbocycles. The highest BCUT2D eigenvalue weighted by atomic mass is 35.5. The molecule has 0 aromatic heterocycles. The van der Waals surface area contributed by atoms with Gasteiger partial charge in [-0.1, -0.05) is 59.6 Å². The van der Waals surface area contributed by atoms with Gasteiger partial charge in [0.1, 0.15) is 23.4 Å². The fourth-order valence-electron chi connectivity index (χ4n) is 4.68. The number of carbonyl (C=O) groups excluding carboxylic acids is 3. The predicted molar refractivity (Wildman–Crippen MR) is 167 cm³/mol. The zero-order valence-electron chi connectivity index (χ0n) is 25.4. The first kappa shape index (κ1) is 33.4. The molecular formula is C33H40ClN3O6. The number of hydrogen-bond acceptors (Lipinski definition) is 6. The van der Waals surface area contributed by atoms with E-state index in [1.54, 1.807) is 45.0 Å². The van der Waals surface area contributed by atoms with Crippen LogP contribution in [0.15, 0.2) is 60.7 Å². The Hall–Kier alpha value is -4.08. The second-order valence-electron chi connectivity index (χ2n) is 11.5. The van der Waals surface area contributed by atoms with Crippen LogP contribution in [-0.2, 0) is 20.7 Å². The Labute approximate surface area is 257 Å². The molecule has 4 N–H and O–H groups in total. The number of anilines is 1. The molecule has 3 aromatic rings. The Morgan fingerprint density at radius 3 is 2.26 bits per heavy atom. The summed E-state index contributed by atoms with van der Waals surface area (Å²) in [6.07, 6.45) is -0.779. The van der Waals surface area contributed by atoms with E-state index in [0.29, 0.717) is 21.8 Å². The van der Waals surface area contributed by atoms with Crippen LogP contribution in [0.3, 0.4) is 0 Å². The molecule has 0 aliphatic heterocycles. The molecule has 230 valence electrons. The highest BCUT2D eigenvalue weighted by Gasteiger charge is 2.37. The average molecular weight is 610 g/mol. The topological polar surface area (TPSA) is 128 Å². The Morgan fingerprint density at radius 1 is 0.977 bits per heavy atom. The molecule has 0 saturated heterocycles. The summed E-state index contributed by atoms with van der Waals surface area (Å²) in [5.41, 5.74) is 3.16. The van der Waals surface area contributed by atoms with Crippen LogP contribution in [-0.4, -0.2) is 57.8 Å². The van der Waals surface area contributed by atoms with E-state index in [9.17, 15) is 24.6 Å². The van der Waals surface area contributed by atoms with Crippen LogP contribution in [0.2, 0.25) is 5.02 Å². The largest absolute Gasteiger partial charge is 0.508 e. The van der Waals surface area contributed by atoms with Gasteiger partial charge in [-0.3, -0.25) is 9.59 Å². The number of aromatic hydroxyl groups is 1. The minimum atomic E-state index is -1.18. The molecule has 2 unspecified atom stereocenters. The first-order chi connectivity index (χ1) is 20.2. The molecule has 9 nitrogen and oxygen atoms in total. The fraction of sp³-hybridized carbons (Fsp3) is 0.364. The third-order valence-electron chi connectivity index (χ3n) is 6.75. The lowest BCUT2D eigenvalue weighted by atomic mass is 9.95. The molecule has 3 amide bonds. The number of amides is 3. The molecule has 0 radical (unpaired) electrons. The van der Waals surface area contributed by atoms with E-state index >= 15 is 0 Å². The van der Waals surface area contributed by atoms with E-state index in [1.807, 2.05) is 45.0 Å². The molecule has 43 heavy (non-hydrogen) atoms. The van der Waals surface area contributed by atoms with Crippen molar-refractivity contribution < 1.29 is 29.3 Å². The van der Waals surface area contributed by atoms with Crippen molar-refractivity contribution in [2.24, 2.45) is 0 Å². The van der Waals surface area contributed by atoms with Gasteiger partial charge in [-0.05, 0) is 82.0 Å². The lowest BCUT2D eigenvalue weighted by Crippen LogP contribution is -2.54. The molecule has 0 fully saturated rings. The quantitative estimate of drug-likeness (QED) is 0.237. The van der Waals surface area contributed by atoms with Gasteiger partial charge in [0.2, 0.25) is 5.91 Å². The van der Waals surface area contributed by atoms with Crippen LogP contribution in [0.4, 0.5) is 10.5 Å². The number of hydrogen-bond donors (Lipinski definition) is 4. The van der Waals surface area contributed by atoms with Crippen LogP contribution in [0.5, 0.6) is 5.75 Å². The molecule has 10 heteroatoms. The van der Waals surface area contributed by atoms with E-state index in [2.05, 4.69) is 10.6 Å². The number of ether oxygens (including phenoxy) is 1. The maximum Gasteiger partial charge on any atom is 0.408 e. The third kappa shape index (κ3) is 9.20. The van der Waals surface area contributed by atoms with Crippen molar-refractivity contribution in [2.45, 2.75) is 65.6 Å². The standard InChI is InChI=1S/C33H40ClN3O6/c1-20-10-11-21(2)25(18-20)29(30(40)36-28-22(3)8-7-9-26(28)34)37(16-17-38)31(41)27(35-32(42)43-33(4,5)6)19-23-12-14-24(39)15-13-23/h7-15,18,27,29,38-39H,16-17,19H2,1-6H3,(H,35,42)(H,36,40). The number of alkyl carbamates (subject to hydrolysis) is 1. The average Bonchev–Trinajstić information content (AvgIpc) is 2.92. The van der Waals surface area contributed by atoms with Gasteiger partial charge in [0.25, 0.3) is 5.91 Å². The predicted octanol–water partition coefficient (Wildman–Crippen LogP) is 5.61. The number of halogens is 1. The molecule has 0 spiro atoms. The van der Waals surface area contributed by atoms with Gasteiger partial charge in [0.05, 0.1) is 17.3 Å². The van der Waals surface area contributed by atoms with E-state index in [1.165, 1.54) is 17.0 Å². The van der Waals surface area contributed by atoms with Crippen molar-refractivity contribution in [3.63, 3.8) is 0 Å². The summed E-state index contributed by atoms with van der Waals surface area (Å²) in [6.45, 7) is 10.0. The summed E-state index contributed by atoms with van der Waals surface area (Å²) in [5, 5.41) is 25.8. The molecule has 0 heterocycles. The van der Waals surface area contributed by atoms with Crippen molar-refractivity contribution in [3.8, 4) is 5.75 Å². The molecule has 3 rings (SSSR count). The maximum atomic E-state index is 14.4. The van der Waals surface area contributed by atoms with Gasteiger partial charge in [0, 0.05) is 13.0 Å². The second-order valence-corrected chi connectivity index (χ2v) is 11.9. The van der Waals surface area contributed by atoms with E-state index in [-0.39, 0.29) is 18.7 Å². The number of rotatable bonds is 10. The molecule has 3 aromatic carbocycles. The number of phenols is 1. The summed E-state index contributed by atoms with van der Waals surface area (Å²) in [7, 11) is 0. The van der Waals surface area contributed by atoms with Gasteiger partial charge >= 0.3 is 6.09 Å². The first-order valence-corrected chi connectivity index (χ1v) is 14.4. The first-order valence-electron chi connectivity index (χ1n) is 14.0. The van der Waals surface area contributed by atoms with Crippen LogP contribution in [0.1, 0.15) is 54.6 Å². The third-order valence-corrected chi connectivity index (χ3v) is 7.06. The highest BCUT2D eigenvalue weighted by Crippen LogP contribution is 2.31. The van der Waals surface area contributed by atoms with Crippen molar-refractivity contribution >= 4 is 35.2 Å². The van der Waals surface area contributed by atoms with Crippen molar-refractivity contribution in [3.05, 3.63) is 93.5 Å². The minimum Gasteiger partial charge on any atom is -0.508 e. The number of para-hydroxylation sites is 1.